The topological polar surface area (TPSA) is 74.4 Å². The standard InChI is InChI=1S/C12H13F5N2O3/c1-2-21-9(20)3-7-10(11(13)14)6(4-18)8(5-19-7)22-12(15,16)17/h5,11H,2-4,18H2,1H3. The van der Waals surface area contributed by atoms with Gasteiger partial charge in [0.25, 0.3) is 6.43 Å². The zero-order valence-corrected chi connectivity index (χ0v) is 11.4. The van der Waals surface area contributed by atoms with Gasteiger partial charge in [0.05, 0.1) is 24.9 Å². The molecule has 1 aromatic heterocycles. The Balaban J connectivity index is 3.28. The van der Waals surface area contributed by atoms with Crippen LogP contribution in [-0.4, -0.2) is 23.9 Å². The van der Waals surface area contributed by atoms with Crippen LogP contribution in [0.3, 0.4) is 0 Å². The van der Waals surface area contributed by atoms with Crippen molar-refractivity contribution in [1.29, 1.82) is 0 Å². The molecule has 1 rings (SSSR count). The molecule has 5 nitrogen and oxygen atoms in total. The summed E-state index contributed by atoms with van der Waals surface area (Å²) in [5.41, 5.74) is 3.44. The van der Waals surface area contributed by atoms with Gasteiger partial charge in [-0.05, 0) is 6.92 Å². The SMILES string of the molecule is CCOC(=O)Cc1ncc(OC(F)(F)F)c(CN)c1C(F)F. The third-order valence-electron chi connectivity index (χ3n) is 2.54. The largest absolute Gasteiger partial charge is 0.573 e. The van der Waals surface area contributed by atoms with Crippen LogP contribution in [0.1, 0.15) is 30.2 Å². The van der Waals surface area contributed by atoms with E-state index in [-0.39, 0.29) is 6.61 Å². The van der Waals surface area contributed by atoms with Gasteiger partial charge in [0.15, 0.2) is 5.75 Å². The third kappa shape index (κ3) is 4.79. The van der Waals surface area contributed by atoms with Crippen molar-refractivity contribution >= 4 is 5.97 Å². The molecule has 0 saturated heterocycles. The lowest BCUT2D eigenvalue weighted by atomic mass is 10.0. The van der Waals surface area contributed by atoms with E-state index in [1.165, 1.54) is 6.92 Å². The summed E-state index contributed by atoms with van der Waals surface area (Å²) >= 11 is 0. The molecule has 0 spiro atoms. The van der Waals surface area contributed by atoms with Gasteiger partial charge in [0.2, 0.25) is 0 Å². The van der Waals surface area contributed by atoms with Crippen LogP contribution < -0.4 is 10.5 Å². The van der Waals surface area contributed by atoms with Gasteiger partial charge in [0, 0.05) is 17.7 Å². The zero-order valence-electron chi connectivity index (χ0n) is 11.4. The van der Waals surface area contributed by atoms with Crippen molar-refractivity contribution < 1.29 is 36.2 Å². The molecular weight excluding hydrogens is 315 g/mol. The monoisotopic (exact) mass is 328 g/mol. The molecule has 0 aromatic carbocycles. The van der Waals surface area contributed by atoms with E-state index in [0.29, 0.717) is 6.20 Å². The Kier molecular flexibility index (Phi) is 6.03. The first-order chi connectivity index (χ1) is 10.2. The van der Waals surface area contributed by atoms with Crippen molar-refractivity contribution in [3.05, 3.63) is 23.0 Å². The second kappa shape index (κ2) is 7.34. The predicted octanol–water partition coefficient (Wildman–Crippen LogP) is 2.48. The Morgan fingerprint density at radius 3 is 2.50 bits per heavy atom. The first-order valence-electron chi connectivity index (χ1n) is 6.09. The third-order valence-corrected chi connectivity index (χ3v) is 2.54. The fraction of sp³-hybridized carbons (Fsp3) is 0.500. The molecule has 1 heterocycles. The van der Waals surface area contributed by atoms with Crippen LogP contribution in [-0.2, 0) is 22.5 Å². The molecule has 0 aliphatic heterocycles. The van der Waals surface area contributed by atoms with Crippen LogP contribution in [0.5, 0.6) is 5.75 Å². The fourth-order valence-corrected chi connectivity index (χ4v) is 1.76. The van der Waals surface area contributed by atoms with Crippen LogP contribution >= 0.6 is 0 Å². The molecule has 0 radical (unpaired) electrons. The number of rotatable bonds is 6. The molecule has 0 amide bonds. The van der Waals surface area contributed by atoms with E-state index in [1.54, 1.807) is 0 Å². The molecule has 0 atom stereocenters. The van der Waals surface area contributed by atoms with Crippen molar-refractivity contribution in [1.82, 2.24) is 4.98 Å². The van der Waals surface area contributed by atoms with Gasteiger partial charge in [0.1, 0.15) is 0 Å². The van der Waals surface area contributed by atoms with Gasteiger partial charge in [-0.1, -0.05) is 0 Å². The predicted molar refractivity (Wildman–Crippen MR) is 64.1 cm³/mol. The van der Waals surface area contributed by atoms with Gasteiger partial charge in [-0.2, -0.15) is 0 Å². The van der Waals surface area contributed by atoms with E-state index in [0.717, 1.165) is 0 Å². The lowest BCUT2D eigenvalue weighted by Gasteiger charge is -2.17. The maximum Gasteiger partial charge on any atom is 0.573 e. The summed E-state index contributed by atoms with van der Waals surface area (Å²) in [7, 11) is 0. The number of ether oxygens (including phenoxy) is 2. The van der Waals surface area contributed by atoms with E-state index in [9.17, 15) is 26.7 Å². The van der Waals surface area contributed by atoms with Gasteiger partial charge in [-0.25, -0.2) is 8.78 Å². The molecule has 0 fully saturated rings. The number of pyridine rings is 1. The minimum atomic E-state index is -5.08. The maximum atomic E-state index is 13.1. The lowest BCUT2D eigenvalue weighted by molar-refractivity contribution is -0.275. The van der Waals surface area contributed by atoms with Crippen molar-refractivity contribution in [2.24, 2.45) is 5.73 Å². The van der Waals surface area contributed by atoms with Crippen LogP contribution in [0.2, 0.25) is 0 Å². The van der Waals surface area contributed by atoms with Gasteiger partial charge in [-0.3, -0.25) is 9.78 Å². The Morgan fingerprint density at radius 2 is 2.05 bits per heavy atom. The molecule has 0 aliphatic rings. The first-order valence-corrected chi connectivity index (χ1v) is 6.09. The van der Waals surface area contributed by atoms with E-state index in [1.807, 2.05) is 0 Å². The number of alkyl halides is 5. The number of aromatic nitrogens is 1. The van der Waals surface area contributed by atoms with E-state index in [4.69, 9.17) is 5.73 Å². The van der Waals surface area contributed by atoms with E-state index in [2.05, 4.69) is 14.5 Å². The maximum absolute atomic E-state index is 13.1. The number of carbonyl (C=O) groups excluding carboxylic acids is 1. The number of nitrogens with zero attached hydrogens (tertiary/aromatic N) is 1. The summed E-state index contributed by atoms with van der Waals surface area (Å²) in [6, 6.07) is 0. The molecule has 2 N–H and O–H groups in total. The summed E-state index contributed by atoms with van der Waals surface area (Å²) < 4.78 is 71.3. The highest BCUT2D eigenvalue weighted by molar-refractivity contribution is 5.72. The Labute approximate surface area is 122 Å². The van der Waals surface area contributed by atoms with Crippen LogP contribution in [0.15, 0.2) is 6.20 Å². The van der Waals surface area contributed by atoms with Gasteiger partial charge >= 0.3 is 12.3 Å². The summed E-state index contributed by atoms with van der Waals surface area (Å²) in [6.07, 6.45) is -8.25. The number of hydrogen-bond acceptors (Lipinski definition) is 5. The van der Waals surface area contributed by atoms with Crippen LogP contribution in [0, 0.1) is 0 Å². The molecule has 0 aliphatic carbocycles. The summed E-state index contributed by atoms with van der Waals surface area (Å²) in [5.74, 6) is -1.75. The highest BCUT2D eigenvalue weighted by atomic mass is 19.4. The molecule has 0 unspecified atom stereocenters. The number of halogens is 5. The highest BCUT2D eigenvalue weighted by Gasteiger charge is 2.34. The average molecular weight is 328 g/mol. The number of esters is 1. The fourth-order valence-electron chi connectivity index (χ4n) is 1.76. The quantitative estimate of drug-likeness (QED) is 0.641. The number of hydrogen-bond donors (Lipinski definition) is 1. The van der Waals surface area contributed by atoms with Crippen molar-refractivity contribution in [3.8, 4) is 5.75 Å². The summed E-state index contributed by atoms with van der Waals surface area (Å²) in [4.78, 5) is 14.8. The number of nitrogens with two attached hydrogens (primary N) is 1. The molecule has 10 heteroatoms. The second-order valence-corrected chi connectivity index (χ2v) is 4.00. The zero-order chi connectivity index (χ0) is 16.9. The summed E-state index contributed by atoms with van der Waals surface area (Å²) in [6.45, 7) is 0.913. The van der Waals surface area contributed by atoms with E-state index < -0.39 is 54.3 Å². The normalized spacial score (nSPS) is 11.6. The molecular formula is C12H13F5N2O3. The first kappa shape index (κ1) is 18.1. The lowest BCUT2D eigenvalue weighted by Crippen LogP contribution is -2.21. The van der Waals surface area contributed by atoms with Crippen molar-refractivity contribution in [2.45, 2.75) is 32.7 Å². The minimum absolute atomic E-state index is 0.0296. The second-order valence-electron chi connectivity index (χ2n) is 4.00. The molecule has 0 bridgehead atoms. The molecule has 124 valence electrons. The molecule has 22 heavy (non-hydrogen) atoms. The highest BCUT2D eigenvalue weighted by Crippen LogP contribution is 2.34. The van der Waals surface area contributed by atoms with Gasteiger partial charge in [-0.15, -0.1) is 13.2 Å². The Morgan fingerprint density at radius 1 is 1.41 bits per heavy atom. The van der Waals surface area contributed by atoms with Crippen molar-refractivity contribution in [3.63, 3.8) is 0 Å². The molecule has 1 aromatic rings. The smallest absolute Gasteiger partial charge is 0.466 e. The Hall–Kier alpha value is -1.97. The average Bonchev–Trinajstić information content (AvgIpc) is 2.38. The molecule has 0 saturated carbocycles. The number of carbonyl (C=O) groups is 1. The van der Waals surface area contributed by atoms with Crippen LogP contribution in [0.25, 0.3) is 0 Å². The Bertz CT molecular complexity index is 534. The minimum Gasteiger partial charge on any atom is -0.466 e. The van der Waals surface area contributed by atoms with Crippen molar-refractivity contribution in [2.75, 3.05) is 6.61 Å². The van der Waals surface area contributed by atoms with Gasteiger partial charge < -0.3 is 15.2 Å². The van der Waals surface area contributed by atoms with Crippen LogP contribution in [0.4, 0.5) is 22.0 Å². The summed E-state index contributed by atoms with van der Waals surface area (Å²) in [5, 5.41) is 0. The van der Waals surface area contributed by atoms with E-state index >= 15 is 0 Å².